The number of H-pyrrole nitrogens is 1. The van der Waals surface area contributed by atoms with Gasteiger partial charge in [-0.1, -0.05) is 60.7 Å². The maximum absolute atomic E-state index is 12.6. The van der Waals surface area contributed by atoms with Crippen LogP contribution in [-0.2, 0) is 22.6 Å². The van der Waals surface area contributed by atoms with E-state index in [4.69, 9.17) is 9.47 Å². The maximum atomic E-state index is 12.6. The minimum atomic E-state index is -0.597. The van der Waals surface area contributed by atoms with Gasteiger partial charge in [-0.15, -0.1) is 0 Å². The van der Waals surface area contributed by atoms with Crippen LogP contribution in [0.4, 0.5) is 4.79 Å². The minimum Gasteiger partial charge on any atom is -0.455 e. The van der Waals surface area contributed by atoms with Crippen molar-refractivity contribution in [3.63, 3.8) is 0 Å². The average molecular weight is 715 g/mol. The Labute approximate surface area is 307 Å². The number of esters is 2. The molecule has 52 heavy (non-hydrogen) atoms. The number of piperazine rings is 2. The summed E-state index contributed by atoms with van der Waals surface area (Å²) in [6, 6.07) is 23.9. The van der Waals surface area contributed by atoms with Crippen LogP contribution in [0.1, 0.15) is 73.6 Å². The van der Waals surface area contributed by atoms with Crippen molar-refractivity contribution >= 4 is 18.0 Å². The fourth-order valence-corrected chi connectivity index (χ4v) is 5.37. The molecule has 0 unspecified atom stereocenters. The van der Waals surface area contributed by atoms with Crippen LogP contribution in [0.15, 0.2) is 85.2 Å². The molecule has 4 heterocycles. The number of hydrogen-bond donors (Lipinski definition) is 2. The second kappa shape index (κ2) is 19.1. The van der Waals surface area contributed by atoms with Gasteiger partial charge in [0, 0.05) is 77.8 Å². The molecule has 0 bridgehead atoms. The van der Waals surface area contributed by atoms with Gasteiger partial charge in [-0.25, -0.2) is 14.4 Å². The molecular weight excluding hydrogens is 660 g/mol. The third kappa shape index (κ3) is 14.0. The van der Waals surface area contributed by atoms with Crippen LogP contribution in [-0.4, -0.2) is 116 Å². The summed E-state index contributed by atoms with van der Waals surface area (Å²) in [7, 11) is 0. The lowest BCUT2D eigenvalue weighted by Gasteiger charge is -2.34. The van der Waals surface area contributed by atoms with Crippen molar-refractivity contribution in [1.82, 2.24) is 40.0 Å². The lowest BCUT2D eigenvalue weighted by Crippen LogP contribution is -2.49. The number of nitrogens with one attached hydrogen (secondary N) is 2. The molecule has 4 aromatic rings. The van der Waals surface area contributed by atoms with Crippen LogP contribution in [0.25, 0.3) is 0 Å². The molecule has 0 aliphatic carbocycles. The number of carbonyl (C=O) groups excluding carboxylic acids is 3. The number of benzene rings is 2. The predicted molar refractivity (Wildman–Crippen MR) is 200 cm³/mol. The van der Waals surface area contributed by atoms with Crippen molar-refractivity contribution in [1.29, 1.82) is 0 Å². The highest BCUT2D eigenvalue weighted by Gasteiger charge is 2.25. The van der Waals surface area contributed by atoms with E-state index >= 15 is 0 Å². The van der Waals surface area contributed by atoms with Crippen LogP contribution in [0.5, 0.6) is 0 Å². The fraction of sp³-hybridized carbons (Fsp3) is 0.462. The van der Waals surface area contributed by atoms with E-state index in [9.17, 15) is 14.4 Å². The number of carbonyl (C=O) groups is 3. The molecule has 2 aliphatic rings. The van der Waals surface area contributed by atoms with Gasteiger partial charge in [0.25, 0.3) is 0 Å². The van der Waals surface area contributed by atoms with Crippen LogP contribution in [0.3, 0.4) is 0 Å². The topological polar surface area (TPSA) is 138 Å². The van der Waals surface area contributed by atoms with Gasteiger partial charge in [-0.05, 0) is 64.8 Å². The quantitative estimate of drug-likeness (QED) is 0.260. The smallest absolute Gasteiger partial charge is 0.359 e. The van der Waals surface area contributed by atoms with E-state index in [1.807, 2.05) is 39.0 Å². The summed E-state index contributed by atoms with van der Waals surface area (Å²) in [5, 5.41) is 13.6. The number of aromatic amines is 1. The number of amides is 1. The van der Waals surface area contributed by atoms with E-state index in [1.165, 1.54) is 47.4 Å². The Morgan fingerprint density at radius 3 is 1.69 bits per heavy atom. The summed E-state index contributed by atoms with van der Waals surface area (Å²) in [6.07, 6.45) is 3.02. The molecule has 0 atom stereocenters. The van der Waals surface area contributed by atoms with E-state index < -0.39 is 17.2 Å². The van der Waals surface area contributed by atoms with Gasteiger partial charge in [0.2, 0.25) is 0 Å². The Hall–Kier alpha value is -4.85. The lowest BCUT2D eigenvalue weighted by molar-refractivity contribution is 0.00501. The summed E-state index contributed by atoms with van der Waals surface area (Å²) in [6.45, 7) is 20.3. The monoisotopic (exact) mass is 714 g/mol. The molecule has 280 valence electrons. The van der Waals surface area contributed by atoms with Gasteiger partial charge >= 0.3 is 18.0 Å². The molecule has 0 saturated carbocycles. The molecule has 2 saturated heterocycles. The van der Waals surface area contributed by atoms with Crippen molar-refractivity contribution in [3.05, 3.63) is 108 Å². The van der Waals surface area contributed by atoms with Gasteiger partial charge in [0.15, 0.2) is 5.69 Å². The van der Waals surface area contributed by atoms with E-state index in [0.29, 0.717) is 18.8 Å². The first-order chi connectivity index (χ1) is 24.8. The van der Waals surface area contributed by atoms with Crippen molar-refractivity contribution in [2.75, 3.05) is 52.4 Å². The normalized spacial score (nSPS) is 15.4. The van der Waals surface area contributed by atoms with E-state index in [0.717, 1.165) is 39.3 Å². The van der Waals surface area contributed by atoms with E-state index in [1.54, 1.807) is 31.7 Å². The molecular formula is C39H54N8O5. The van der Waals surface area contributed by atoms with Crippen molar-refractivity contribution in [2.24, 2.45) is 0 Å². The van der Waals surface area contributed by atoms with Crippen LogP contribution in [0.2, 0.25) is 0 Å². The van der Waals surface area contributed by atoms with Gasteiger partial charge in [0.1, 0.15) is 16.9 Å². The molecule has 1 amide bonds. The van der Waals surface area contributed by atoms with Crippen molar-refractivity contribution in [3.8, 4) is 0 Å². The summed E-state index contributed by atoms with van der Waals surface area (Å²) < 4.78 is 11.6. The first-order valence-electron chi connectivity index (χ1n) is 17.8. The zero-order valence-corrected chi connectivity index (χ0v) is 31.4. The predicted octanol–water partition coefficient (Wildman–Crippen LogP) is 5.08. The third-order valence-electron chi connectivity index (χ3n) is 7.86. The van der Waals surface area contributed by atoms with E-state index in [2.05, 4.69) is 72.9 Å². The first-order valence-corrected chi connectivity index (χ1v) is 17.8. The Kier molecular flexibility index (Phi) is 14.7. The van der Waals surface area contributed by atoms with E-state index in [-0.39, 0.29) is 17.7 Å². The highest BCUT2D eigenvalue weighted by atomic mass is 16.6. The van der Waals surface area contributed by atoms with Crippen LogP contribution >= 0.6 is 0 Å². The lowest BCUT2D eigenvalue weighted by atomic mass is 10.2. The minimum absolute atomic E-state index is 0.140. The van der Waals surface area contributed by atoms with Gasteiger partial charge < -0.3 is 19.7 Å². The SMILES string of the molecule is CC(C)(C)OC(=O)c1ccn(C(=O)N2CCN(Cc3ccccc3)CC2)n1.CC(C)(C)OC(=O)c1ccn[nH]1.c1ccc(CN2CCNCC2)cc1. The third-order valence-corrected chi connectivity index (χ3v) is 7.86. The number of rotatable bonds is 6. The molecule has 0 spiro atoms. The second-order valence-electron chi connectivity index (χ2n) is 14.7. The fourth-order valence-electron chi connectivity index (χ4n) is 5.37. The Morgan fingerprint density at radius 2 is 1.19 bits per heavy atom. The van der Waals surface area contributed by atoms with Crippen LogP contribution in [0, 0.1) is 0 Å². The summed E-state index contributed by atoms with van der Waals surface area (Å²) >= 11 is 0. The van der Waals surface area contributed by atoms with Crippen LogP contribution < -0.4 is 5.32 Å². The molecule has 2 aliphatic heterocycles. The van der Waals surface area contributed by atoms with Crippen molar-refractivity contribution < 1.29 is 23.9 Å². The number of ether oxygens (including phenoxy) is 2. The highest BCUT2D eigenvalue weighted by Crippen LogP contribution is 2.13. The number of aromatic nitrogens is 4. The molecule has 13 nitrogen and oxygen atoms in total. The standard InChI is InChI=1S/C20H26N4O3.C11H16N2.C8H12N2O2/c1-20(2,3)27-18(25)17-9-10-24(21-17)19(26)23-13-11-22(12-14-23)15-16-7-5-4-6-8-16;1-2-4-11(5-3-1)10-13-8-6-12-7-9-13;1-8(2,3)12-7(11)6-4-5-9-10-6/h4-10H,11-15H2,1-3H3;1-5,12H,6-10H2;4-5H,1-3H3,(H,9,10). The summed E-state index contributed by atoms with van der Waals surface area (Å²) in [5.74, 6) is -0.901. The molecule has 2 N–H and O–H groups in total. The van der Waals surface area contributed by atoms with Gasteiger partial charge in [-0.2, -0.15) is 14.9 Å². The van der Waals surface area contributed by atoms with Crippen molar-refractivity contribution in [2.45, 2.75) is 65.8 Å². The largest absolute Gasteiger partial charge is 0.455 e. The first kappa shape index (κ1) is 39.9. The molecule has 0 radical (unpaired) electrons. The number of nitrogens with zero attached hydrogens (tertiary/aromatic N) is 6. The molecule has 2 fully saturated rings. The number of hydrogen-bond acceptors (Lipinski definition) is 10. The second-order valence-corrected chi connectivity index (χ2v) is 14.7. The maximum Gasteiger partial charge on any atom is 0.359 e. The molecule has 2 aromatic heterocycles. The summed E-state index contributed by atoms with van der Waals surface area (Å²) in [5.41, 5.74) is 2.16. The average Bonchev–Trinajstić information content (AvgIpc) is 3.83. The van der Waals surface area contributed by atoms with Gasteiger partial charge in [-0.3, -0.25) is 14.9 Å². The Morgan fingerprint density at radius 1 is 0.673 bits per heavy atom. The summed E-state index contributed by atoms with van der Waals surface area (Å²) in [4.78, 5) is 42.5. The zero-order valence-electron chi connectivity index (χ0n) is 31.4. The molecule has 13 heteroatoms. The Bertz CT molecular complexity index is 1650. The molecule has 2 aromatic carbocycles. The Balaban J connectivity index is 0.000000200. The highest BCUT2D eigenvalue weighted by molar-refractivity contribution is 5.88. The van der Waals surface area contributed by atoms with Gasteiger partial charge in [0.05, 0.1) is 0 Å². The zero-order chi connectivity index (χ0) is 37.6. The molecule has 6 rings (SSSR count).